The quantitative estimate of drug-likeness (QED) is 0.402. The minimum Gasteiger partial charge on any atom is -0.382 e. The molecule has 0 bridgehead atoms. The monoisotopic (exact) mass is 523 g/mol. The summed E-state index contributed by atoms with van der Waals surface area (Å²) in [5.41, 5.74) is 8.27. The molecular formula is C20H22IN5O4. The summed E-state index contributed by atoms with van der Waals surface area (Å²) < 4.78 is 27.0. The zero-order valence-electron chi connectivity index (χ0n) is 16.6. The maximum atomic E-state index is 6.34. The summed E-state index contributed by atoms with van der Waals surface area (Å²) in [6.07, 6.45) is 0.321. The number of halogens is 1. The number of nitrogens with zero attached hydrogens (tertiary/aromatic N) is 4. The molecule has 10 heteroatoms. The summed E-state index contributed by atoms with van der Waals surface area (Å²) in [5, 5.41) is 0. The van der Waals surface area contributed by atoms with Crippen molar-refractivity contribution in [3.63, 3.8) is 0 Å². The number of nitrogen functional groups attached to an aromatic ring is 1. The van der Waals surface area contributed by atoms with E-state index in [2.05, 4.69) is 15.0 Å². The number of anilines is 1. The van der Waals surface area contributed by atoms with Gasteiger partial charge in [-0.2, -0.15) is 0 Å². The normalized spacial score (nSPS) is 27.6. The van der Waals surface area contributed by atoms with E-state index in [-0.39, 0.29) is 18.3 Å². The van der Waals surface area contributed by atoms with Gasteiger partial charge in [-0.25, -0.2) is 15.0 Å². The highest BCUT2D eigenvalue weighted by atomic mass is 127. The fourth-order valence-electron chi connectivity index (χ4n) is 3.98. The molecule has 9 nitrogen and oxygen atoms in total. The molecule has 3 aromatic rings. The van der Waals surface area contributed by atoms with Gasteiger partial charge >= 0.3 is 0 Å². The van der Waals surface area contributed by atoms with Crippen LogP contribution in [0.4, 0.5) is 5.82 Å². The summed E-state index contributed by atoms with van der Waals surface area (Å²) in [6, 6.07) is 10.0. The molecular weight excluding hydrogens is 501 g/mol. The van der Waals surface area contributed by atoms with Crippen molar-refractivity contribution in [3.05, 3.63) is 46.1 Å². The van der Waals surface area contributed by atoms with Crippen LogP contribution in [0.3, 0.4) is 0 Å². The van der Waals surface area contributed by atoms with E-state index >= 15 is 0 Å². The highest BCUT2D eigenvalue weighted by Gasteiger charge is 2.56. The Hall–Kier alpha value is -1.86. The zero-order valence-corrected chi connectivity index (χ0v) is 18.7. The van der Waals surface area contributed by atoms with Gasteiger partial charge in [-0.05, 0) is 19.4 Å². The second-order valence-electron chi connectivity index (χ2n) is 7.83. The molecule has 30 heavy (non-hydrogen) atoms. The molecule has 2 aliphatic rings. The third kappa shape index (κ3) is 3.66. The SMILES string of the molecule is CC1(C)O[C@@H]2[C@H](O1)[C@@H](COCc1ccccc1)O[C@H]2n1cnc2c(N)nc(I)nc21. The number of benzene rings is 1. The Bertz CT molecular complexity index is 1060. The maximum absolute atomic E-state index is 6.34. The second-order valence-corrected chi connectivity index (χ2v) is 8.80. The molecule has 0 radical (unpaired) electrons. The van der Waals surface area contributed by atoms with Gasteiger partial charge in [0, 0.05) is 22.6 Å². The third-order valence-electron chi connectivity index (χ3n) is 5.21. The Morgan fingerprint density at radius 1 is 1.17 bits per heavy atom. The third-order valence-corrected chi connectivity index (χ3v) is 5.70. The van der Waals surface area contributed by atoms with Crippen LogP contribution in [0.2, 0.25) is 0 Å². The van der Waals surface area contributed by atoms with Crippen molar-refractivity contribution in [2.24, 2.45) is 0 Å². The first-order valence-electron chi connectivity index (χ1n) is 9.69. The number of hydrogen-bond donors (Lipinski definition) is 1. The van der Waals surface area contributed by atoms with Gasteiger partial charge in [-0.3, -0.25) is 4.57 Å². The molecule has 0 aliphatic carbocycles. The first-order valence-corrected chi connectivity index (χ1v) is 10.8. The minimum atomic E-state index is -0.714. The van der Waals surface area contributed by atoms with Crippen molar-refractivity contribution in [1.29, 1.82) is 0 Å². The molecule has 2 saturated heterocycles. The van der Waals surface area contributed by atoms with Gasteiger partial charge in [0.25, 0.3) is 0 Å². The van der Waals surface area contributed by atoms with E-state index in [1.54, 1.807) is 6.33 Å². The Kier molecular flexibility index (Phi) is 5.14. The Balaban J connectivity index is 1.39. The van der Waals surface area contributed by atoms with E-state index in [1.165, 1.54) is 0 Å². The van der Waals surface area contributed by atoms with Gasteiger partial charge in [-0.15, -0.1) is 0 Å². The molecule has 1 aromatic carbocycles. The van der Waals surface area contributed by atoms with Crippen LogP contribution < -0.4 is 5.73 Å². The van der Waals surface area contributed by atoms with Gasteiger partial charge < -0.3 is 24.7 Å². The summed E-state index contributed by atoms with van der Waals surface area (Å²) in [6.45, 7) is 4.69. The van der Waals surface area contributed by atoms with Crippen LogP contribution in [-0.2, 0) is 25.6 Å². The Morgan fingerprint density at radius 2 is 1.93 bits per heavy atom. The number of nitrogens with two attached hydrogens (primary N) is 1. The van der Waals surface area contributed by atoms with Crippen LogP contribution in [0.5, 0.6) is 0 Å². The summed E-state index contributed by atoms with van der Waals surface area (Å²) in [5.74, 6) is -0.377. The average Bonchev–Trinajstić information content (AvgIpc) is 3.34. The molecule has 5 rings (SSSR count). The molecule has 158 valence electrons. The van der Waals surface area contributed by atoms with Crippen molar-refractivity contribution < 1.29 is 18.9 Å². The molecule has 4 atom stereocenters. The van der Waals surface area contributed by atoms with Gasteiger partial charge in [0.2, 0.25) is 0 Å². The number of rotatable bonds is 5. The lowest BCUT2D eigenvalue weighted by atomic mass is 10.1. The predicted octanol–water partition coefficient (Wildman–Crippen LogP) is 2.65. The molecule has 4 heterocycles. The highest BCUT2D eigenvalue weighted by Crippen LogP contribution is 2.44. The van der Waals surface area contributed by atoms with Crippen molar-refractivity contribution in [2.45, 2.75) is 50.8 Å². The van der Waals surface area contributed by atoms with Crippen molar-refractivity contribution in [1.82, 2.24) is 19.5 Å². The highest BCUT2D eigenvalue weighted by molar-refractivity contribution is 14.1. The van der Waals surface area contributed by atoms with Crippen molar-refractivity contribution >= 4 is 39.6 Å². The number of ether oxygens (including phenoxy) is 4. The maximum Gasteiger partial charge on any atom is 0.194 e. The van der Waals surface area contributed by atoms with Crippen LogP contribution >= 0.6 is 22.6 Å². The van der Waals surface area contributed by atoms with Gasteiger partial charge in [0.1, 0.15) is 23.8 Å². The summed E-state index contributed by atoms with van der Waals surface area (Å²) in [4.78, 5) is 13.1. The van der Waals surface area contributed by atoms with Crippen LogP contribution in [0, 0.1) is 3.83 Å². The standard InChI is InChI=1S/C20H22IN5O4/c1-20(2)29-14-12(9-27-8-11-6-4-3-5-7-11)28-18(15(14)30-20)26-10-23-13-16(22)24-19(21)25-17(13)26/h3-7,10,12,14-15,18H,8-9H2,1-2H3,(H2,22,24,25)/t12-,14-,15-,18-/m1/s1. The molecule has 0 saturated carbocycles. The van der Waals surface area contributed by atoms with E-state index in [4.69, 9.17) is 24.7 Å². The topological polar surface area (TPSA) is 107 Å². The molecule has 0 amide bonds. The fourth-order valence-corrected chi connectivity index (χ4v) is 4.47. The Labute approximate surface area is 187 Å². The first-order chi connectivity index (χ1) is 14.4. The number of imidazole rings is 1. The van der Waals surface area contributed by atoms with E-state index in [1.807, 2.05) is 71.3 Å². The fraction of sp³-hybridized carbons (Fsp3) is 0.450. The predicted molar refractivity (Wildman–Crippen MR) is 116 cm³/mol. The number of hydrogen-bond acceptors (Lipinski definition) is 8. The van der Waals surface area contributed by atoms with Crippen LogP contribution in [-0.4, -0.2) is 50.2 Å². The smallest absolute Gasteiger partial charge is 0.194 e. The molecule has 2 aromatic heterocycles. The first kappa shape index (κ1) is 20.1. The van der Waals surface area contributed by atoms with Gasteiger partial charge in [0.05, 0.1) is 19.5 Å². The summed E-state index contributed by atoms with van der Waals surface area (Å²) >= 11 is 2.04. The number of aromatic nitrogens is 4. The van der Waals surface area contributed by atoms with Crippen LogP contribution in [0.1, 0.15) is 25.6 Å². The van der Waals surface area contributed by atoms with Crippen molar-refractivity contribution in [2.75, 3.05) is 12.3 Å². The van der Waals surface area contributed by atoms with E-state index < -0.39 is 12.0 Å². The van der Waals surface area contributed by atoms with Gasteiger partial charge in [-0.1, -0.05) is 30.3 Å². The minimum absolute atomic E-state index is 0.267. The molecule has 2 fully saturated rings. The molecule has 0 spiro atoms. The van der Waals surface area contributed by atoms with Crippen LogP contribution in [0.15, 0.2) is 36.7 Å². The lowest BCUT2D eigenvalue weighted by molar-refractivity contribution is -0.202. The zero-order chi connectivity index (χ0) is 20.9. The number of fused-ring (bicyclic) bond motifs is 2. The molecule has 2 N–H and O–H groups in total. The second kappa shape index (κ2) is 7.68. The average molecular weight is 523 g/mol. The Morgan fingerprint density at radius 3 is 2.73 bits per heavy atom. The summed E-state index contributed by atoms with van der Waals surface area (Å²) in [7, 11) is 0. The van der Waals surface area contributed by atoms with E-state index in [0.717, 1.165) is 5.56 Å². The van der Waals surface area contributed by atoms with Crippen LogP contribution in [0.25, 0.3) is 11.2 Å². The van der Waals surface area contributed by atoms with E-state index in [9.17, 15) is 0 Å². The molecule has 0 unspecified atom stereocenters. The van der Waals surface area contributed by atoms with Crippen molar-refractivity contribution in [3.8, 4) is 0 Å². The van der Waals surface area contributed by atoms with Gasteiger partial charge in [0.15, 0.2) is 27.3 Å². The lowest BCUT2D eigenvalue weighted by Gasteiger charge is -2.24. The largest absolute Gasteiger partial charge is 0.382 e. The molecule has 2 aliphatic heterocycles. The lowest BCUT2D eigenvalue weighted by Crippen LogP contribution is -2.32. The van der Waals surface area contributed by atoms with E-state index in [0.29, 0.717) is 34.0 Å².